The number of hydrogen-bond donors (Lipinski definition) is 2. The highest BCUT2D eigenvalue weighted by molar-refractivity contribution is 5.77. The second-order valence-electron chi connectivity index (χ2n) is 3.32. The van der Waals surface area contributed by atoms with Crippen LogP contribution in [0, 0.1) is 0 Å². The minimum absolute atomic E-state index is 0.0570. The lowest BCUT2D eigenvalue weighted by Gasteiger charge is -2.20. The third-order valence-electron chi connectivity index (χ3n) is 2.23. The first-order chi connectivity index (χ1) is 5.65. The van der Waals surface area contributed by atoms with Gasteiger partial charge in [0.25, 0.3) is 0 Å². The highest BCUT2D eigenvalue weighted by atomic mass is 16.3. The molecule has 0 aromatic heterocycles. The molecule has 70 valence electrons. The molecule has 1 rings (SSSR count). The van der Waals surface area contributed by atoms with Crippen LogP contribution in [0.2, 0.25) is 0 Å². The van der Waals surface area contributed by atoms with Crippen LogP contribution in [-0.2, 0) is 4.79 Å². The van der Waals surface area contributed by atoms with Crippen LogP contribution in [0.3, 0.4) is 0 Å². The van der Waals surface area contributed by atoms with Crippen LogP contribution >= 0.6 is 0 Å². The van der Waals surface area contributed by atoms with Crippen molar-refractivity contribution >= 4 is 5.91 Å². The lowest BCUT2D eigenvalue weighted by molar-refractivity contribution is -0.131. The van der Waals surface area contributed by atoms with Gasteiger partial charge in [0.2, 0.25) is 5.91 Å². The maximum absolute atomic E-state index is 11.3. The Morgan fingerprint density at radius 3 is 2.83 bits per heavy atom. The Bertz CT molecular complexity index is 172. The molecule has 3 N–H and O–H groups in total. The van der Waals surface area contributed by atoms with E-state index in [1.54, 1.807) is 4.90 Å². The SMILES string of the molecule is CC1CC(O)CN1C(=O)CCN. The topological polar surface area (TPSA) is 66.6 Å². The van der Waals surface area contributed by atoms with Crippen molar-refractivity contribution < 1.29 is 9.90 Å². The van der Waals surface area contributed by atoms with Gasteiger partial charge in [-0.05, 0) is 13.3 Å². The number of nitrogens with two attached hydrogens (primary N) is 1. The van der Waals surface area contributed by atoms with Crippen LogP contribution in [0.4, 0.5) is 0 Å². The Hall–Kier alpha value is -0.610. The molecule has 1 aliphatic rings. The number of hydrogen-bond acceptors (Lipinski definition) is 3. The lowest BCUT2D eigenvalue weighted by atomic mass is 10.2. The number of carbonyl (C=O) groups is 1. The molecular weight excluding hydrogens is 156 g/mol. The second kappa shape index (κ2) is 3.87. The normalized spacial score (nSPS) is 29.4. The van der Waals surface area contributed by atoms with Crippen molar-refractivity contribution in [2.75, 3.05) is 13.1 Å². The number of aliphatic hydroxyl groups is 1. The molecule has 0 radical (unpaired) electrons. The Morgan fingerprint density at radius 1 is 1.75 bits per heavy atom. The summed E-state index contributed by atoms with van der Waals surface area (Å²) in [5.74, 6) is 0.0570. The van der Waals surface area contributed by atoms with Crippen molar-refractivity contribution in [1.82, 2.24) is 4.90 Å². The van der Waals surface area contributed by atoms with E-state index in [0.717, 1.165) is 0 Å². The van der Waals surface area contributed by atoms with E-state index in [9.17, 15) is 9.90 Å². The van der Waals surface area contributed by atoms with Gasteiger partial charge in [-0.3, -0.25) is 4.79 Å². The molecule has 1 saturated heterocycles. The predicted octanol–water partition coefficient (Wildman–Crippen LogP) is -0.683. The van der Waals surface area contributed by atoms with E-state index in [4.69, 9.17) is 5.73 Å². The van der Waals surface area contributed by atoms with Gasteiger partial charge in [0.1, 0.15) is 0 Å². The van der Waals surface area contributed by atoms with Gasteiger partial charge in [-0.1, -0.05) is 0 Å². The van der Waals surface area contributed by atoms with E-state index in [1.807, 2.05) is 6.92 Å². The molecule has 1 amide bonds. The summed E-state index contributed by atoms with van der Waals surface area (Å²) in [6, 6.07) is 0.166. The predicted molar refractivity (Wildman–Crippen MR) is 45.5 cm³/mol. The molecule has 1 aliphatic heterocycles. The zero-order valence-corrected chi connectivity index (χ0v) is 7.36. The van der Waals surface area contributed by atoms with Crippen molar-refractivity contribution in [2.45, 2.75) is 31.9 Å². The minimum Gasteiger partial charge on any atom is -0.391 e. The Morgan fingerprint density at radius 2 is 2.42 bits per heavy atom. The van der Waals surface area contributed by atoms with Gasteiger partial charge in [0, 0.05) is 25.6 Å². The Labute approximate surface area is 72.3 Å². The Kier molecular flexibility index (Phi) is 3.05. The fraction of sp³-hybridized carbons (Fsp3) is 0.875. The number of nitrogens with zero attached hydrogens (tertiary/aromatic N) is 1. The van der Waals surface area contributed by atoms with E-state index in [0.29, 0.717) is 25.9 Å². The third kappa shape index (κ3) is 1.95. The maximum Gasteiger partial charge on any atom is 0.224 e. The molecule has 4 nitrogen and oxygen atoms in total. The molecule has 0 saturated carbocycles. The third-order valence-corrected chi connectivity index (χ3v) is 2.23. The molecule has 2 atom stereocenters. The quantitative estimate of drug-likeness (QED) is 0.580. The molecule has 1 heterocycles. The van der Waals surface area contributed by atoms with Crippen molar-refractivity contribution in [1.29, 1.82) is 0 Å². The first-order valence-corrected chi connectivity index (χ1v) is 4.32. The summed E-state index contributed by atoms with van der Waals surface area (Å²) in [6.07, 6.45) is 0.731. The number of likely N-dealkylation sites (tertiary alicyclic amines) is 1. The molecule has 1 fully saturated rings. The van der Waals surface area contributed by atoms with E-state index in [-0.39, 0.29) is 18.1 Å². The van der Waals surface area contributed by atoms with Gasteiger partial charge >= 0.3 is 0 Å². The summed E-state index contributed by atoms with van der Waals surface area (Å²) in [6.45, 7) is 2.81. The highest BCUT2D eigenvalue weighted by Gasteiger charge is 2.30. The molecule has 0 spiro atoms. The van der Waals surface area contributed by atoms with Crippen LogP contribution in [0.5, 0.6) is 0 Å². The van der Waals surface area contributed by atoms with Crippen LogP contribution in [0.25, 0.3) is 0 Å². The first kappa shape index (κ1) is 9.48. The standard InChI is InChI=1S/C8H16N2O2/c1-6-4-7(11)5-10(6)8(12)2-3-9/h6-7,11H,2-5,9H2,1H3. The van der Waals surface area contributed by atoms with Gasteiger partial charge < -0.3 is 15.7 Å². The van der Waals surface area contributed by atoms with Crippen molar-refractivity contribution in [2.24, 2.45) is 5.73 Å². The molecule has 0 aliphatic carbocycles. The number of amides is 1. The van der Waals surface area contributed by atoms with Crippen molar-refractivity contribution in [3.63, 3.8) is 0 Å². The van der Waals surface area contributed by atoms with Gasteiger partial charge in [-0.2, -0.15) is 0 Å². The molecule has 0 aromatic carbocycles. The molecular formula is C8H16N2O2. The number of β-amino-alcohol motifs (C(OH)–C–C–N with tert-alkyl or cyclic N) is 1. The maximum atomic E-state index is 11.3. The summed E-state index contributed by atoms with van der Waals surface area (Å²) in [5.41, 5.74) is 5.27. The van der Waals surface area contributed by atoms with E-state index in [1.165, 1.54) is 0 Å². The van der Waals surface area contributed by atoms with E-state index < -0.39 is 0 Å². The van der Waals surface area contributed by atoms with E-state index >= 15 is 0 Å². The fourth-order valence-corrected chi connectivity index (χ4v) is 1.62. The summed E-state index contributed by atoms with van der Waals surface area (Å²) in [5, 5.41) is 9.26. The molecule has 0 bridgehead atoms. The number of aliphatic hydroxyl groups excluding tert-OH is 1. The Balaban J connectivity index is 2.46. The summed E-state index contributed by atoms with van der Waals surface area (Å²) in [7, 11) is 0. The summed E-state index contributed by atoms with van der Waals surface area (Å²) in [4.78, 5) is 13.0. The molecule has 0 aromatic rings. The van der Waals surface area contributed by atoms with E-state index in [2.05, 4.69) is 0 Å². The fourth-order valence-electron chi connectivity index (χ4n) is 1.62. The smallest absolute Gasteiger partial charge is 0.224 e. The highest BCUT2D eigenvalue weighted by Crippen LogP contribution is 2.17. The molecule has 12 heavy (non-hydrogen) atoms. The average molecular weight is 172 g/mol. The van der Waals surface area contributed by atoms with Crippen LogP contribution in [0.1, 0.15) is 19.8 Å². The van der Waals surface area contributed by atoms with Crippen molar-refractivity contribution in [3.8, 4) is 0 Å². The van der Waals surface area contributed by atoms with Crippen LogP contribution < -0.4 is 5.73 Å². The first-order valence-electron chi connectivity index (χ1n) is 4.32. The molecule has 4 heteroatoms. The van der Waals surface area contributed by atoms with Gasteiger partial charge in [0.05, 0.1) is 6.10 Å². The number of carbonyl (C=O) groups excluding carboxylic acids is 1. The van der Waals surface area contributed by atoms with Gasteiger partial charge in [-0.15, -0.1) is 0 Å². The molecule has 2 unspecified atom stereocenters. The van der Waals surface area contributed by atoms with Crippen LogP contribution in [0.15, 0.2) is 0 Å². The lowest BCUT2D eigenvalue weighted by Crippen LogP contribution is -2.35. The zero-order valence-electron chi connectivity index (χ0n) is 7.36. The zero-order chi connectivity index (χ0) is 9.14. The minimum atomic E-state index is -0.346. The van der Waals surface area contributed by atoms with Gasteiger partial charge in [0.15, 0.2) is 0 Å². The second-order valence-corrected chi connectivity index (χ2v) is 3.32. The van der Waals surface area contributed by atoms with Gasteiger partial charge in [-0.25, -0.2) is 0 Å². The summed E-state index contributed by atoms with van der Waals surface area (Å²) < 4.78 is 0. The average Bonchev–Trinajstić information content (AvgIpc) is 2.30. The monoisotopic (exact) mass is 172 g/mol. The van der Waals surface area contributed by atoms with Crippen molar-refractivity contribution in [3.05, 3.63) is 0 Å². The number of rotatable bonds is 2. The largest absolute Gasteiger partial charge is 0.391 e. The van der Waals surface area contributed by atoms with Crippen LogP contribution in [-0.4, -0.2) is 41.1 Å². The summed E-state index contributed by atoms with van der Waals surface area (Å²) >= 11 is 0.